The second-order valence-electron chi connectivity index (χ2n) is 11.1. The Kier molecular flexibility index (Phi) is 18.2. The molecule has 5 amide bonds. The van der Waals surface area contributed by atoms with Gasteiger partial charge in [0.1, 0.15) is 18.1 Å². The first-order valence-electron chi connectivity index (χ1n) is 14.3. The third kappa shape index (κ3) is 15.4. The molecule has 0 aromatic carbocycles. The quantitative estimate of drug-likeness (QED) is 0.0814. The van der Waals surface area contributed by atoms with E-state index in [1.807, 2.05) is 20.8 Å². The lowest BCUT2D eigenvalue weighted by molar-refractivity contribution is -0.142. The molecule has 0 rings (SSSR count). The zero-order chi connectivity index (χ0) is 31.7. The first kappa shape index (κ1) is 37.7. The maximum absolute atomic E-state index is 13.2. The number of hydrogen-bond donors (Lipinski definition) is 8. The Balaban J connectivity index is 5.29. The van der Waals surface area contributed by atoms with E-state index in [4.69, 9.17) is 11.5 Å². The highest BCUT2D eigenvalue weighted by atomic mass is 16.4. The fraction of sp³-hybridized carbons (Fsp3) is 0.778. The average molecular weight is 586 g/mol. The Bertz CT molecular complexity index is 882. The third-order valence-corrected chi connectivity index (χ3v) is 6.60. The lowest BCUT2D eigenvalue weighted by Gasteiger charge is -2.27. The minimum atomic E-state index is -1.19. The highest BCUT2D eigenvalue weighted by Gasteiger charge is 2.31. The molecule has 14 heteroatoms. The number of amides is 5. The van der Waals surface area contributed by atoms with Crippen molar-refractivity contribution in [2.45, 2.75) is 97.8 Å². The van der Waals surface area contributed by atoms with Gasteiger partial charge >= 0.3 is 5.97 Å². The minimum absolute atomic E-state index is 0.0154. The van der Waals surface area contributed by atoms with Crippen LogP contribution < -0.4 is 38.1 Å². The van der Waals surface area contributed by atoms with E-state index in [1.165, 1.54) is 0 Å². The van der Waals surface area contributed by atoms with Crippen LogP contribution in [0.1, 0.15) is 73.6 Å². The van der Waals surface area contributed by atoms with Crippen LogP contribution in [0.2, 0.25) is 0 Å². The van der Waals surface area contributed by atoms with Crippen LogP contribution in [0.15, 0.2) is 0 Å². The normalized spacial score (nSPS) is 14.8. The van der Waals surface area contributed by atoms with Gasteiger partial charge < -0.3 is 43.2 Å². The summed E-state index contributed by atoms with van der Waals surface area (Å²) in [5.74, 6) is -4.58. The Morgan fingerprint density at radius 1 is 0.756 bits per heavy atom. The van der Waals surface area contributed by atoms with Crippen LogP contribution in [-0.2, 0) is 28.8 Å². The number of unbranched alkanes of at least 4 members (excludes halogenated alkanes) is 1. The van der Waals surface area contributed by atoms with Crippen molar-refractivity contribution in [2.75, 3.05) is 19.6 Å². The van der Waals surface area contributed by atoms with Crippen molar-refractivity contribution in [3.05, 3.63) is 0 Å². The van der Waals surface area contributed by atoms with Crippen molar-refractivity contribution in [2.24, 2.45) is 29.2 Å². The Labute approximate surface area is 242 Å². The van der Waals surface area contributed by atoms with Crippen LogP contribution in [0.3, 0.4) is 0 Å². The molecule has 41 heavy (non-hydrogen) atoms. The standard InChI is InChI=1S/C27H51N7O7/c1-7-17(6)23(26(39)31-14-20(35)32-18(27(40)41)10-8-9-11-28)34-24(37)19(12-15(2)3)33-21(36)13-30-25(38)22(29)16(4)5/h15-19,22-23H,7-14,28-29H2,1-6H3,(H,30,38)(H,31,39)(H,32,35)(H,33,36)(H,34,37)(H,40,41)/t17-,18-,19-,22-,23-/m0/s1. The van der Waals surface area contributed by atoms with Gasteiger partial charge in [-0.15, -0.1) is 0 Å². The summed E-state index contributed by atoms with van der Waals surface area (Å²) in [6.45, 7) is 10.4. The molecule has 0 radical (unpaired) electrons. The fourth-order valence-electron chi connectivity index (χ4n) is 3.76. The van der Waals surface area contributed by atoms with Gasteiger partial charge in [-0.1, -0.05) is 48.0 Å². The number of carboxylic acids is 1. The number of hydrogen-bond acceptors (Lipinski definition) is 8. The molecule has 0 unspecified atom stereocenters. The third-order valence-electron chi connectivity index (χ3n) is 6.60. The summed E-state index contributed by atoms with van der Waals surface area (Å²) in [5.41, 5.74) is 11.2. The number of carbonyl (C=O) groups is 6. The maximum atomic E-state index is 13.2. The molecule has 10 N–H and O–H groups in total. The van der Waals surface area contributed by atoms with E-state index in [9.17, 15) is 33.9 Å². The minimum Gasteiger partial charge on any atom is -0.480 e. The highest BCUT2D eigenvalue weighted by Crippen LogP contribution is 2.11. The first-order valence-corrected chi connectivity index (χ1v) is 14.3. The lowest BCUT2D eigenvalue weighted by Crippen LogP contribution is -2.57. The van der Waals surface area contributed by atoms with Crippen LogP contribution in [0.25, 0.3) is 0 Å². The largest absolute Gasteiger partial charge is 0.480 e. The van der Waals surface area contributed by atoms with Gasteiger partial charge in [0.15, 0.2) is 0 Å². The molecule has 14 nitrogen and oxygen atoms in total. The molecule has 0 aliphatic rings. The van der Waals surface area contributed by atoms with E-state index in [1.54, 1.807) is 20.8 Å². The van der Waals surface area contributed by atoms with E-state index in [0.29, 0.717) is 25.8 Å². The summed E-state index contributed by atoms with van der Waals surface area (Å²) < 4.78 is 0. The predicted molar refractivity (Wildman–Crippen MR) is 154 cm³/mol. The number of nitrogens with two attached hydrogens (primary N) is 2. The van der Waals surface area contributed by atoms with E-state index in [-0.39, 0.29) is 37.1 Å². The van der Waals surface area contributed by atoms with Gasteiger partial charge in [-0.3, -0.25) is 24.0 Å². The molecule has 0 saturated carbocycles. The summed E-state index contributed by atoms with van der Waals surface area (Å²) in [6.07, 6.45) is 2.14. The molecule has 0 heterocycles. The molecule has 0 saturated heterocycles. The summed E-state index contributed by atoms with van der Waals surface area (Å²) in [4.78, 5) is 74.6. The van der Waals surface area contributed by atoms with Gasteiger partial charge in [0.05, 0.1) is 19.1 Å². The Morgan fingerprint density at radius 2 is 1.29 bits per heavy atom. The lowest BCUT2D eigenvalue weighted by atomic mass is 9.96. The monoisotopic (exact) mass is 585 g/mol. The van der Waals surface area contributed by atoms with Crippen molar-refractivity contribution in [1.29, 1.82) is 0 Å². The second kappa shape index (κ2) is 19.8. The van der Waals surface area contributed by atoms with Crippen LogP contribution in [-0.4, -0.2) is 84.4 Å². The summed E-state index contributed by atoms with van der Waals surface area (Å²) in [6, 6.07) is -3.89. The van der Waals surface area contributed by atoms with E-state index >= 15 is 0 Å². The fourth-order valence-corrected chi connectivity index (χ4v) is 3.76. The van der Waals surface area contributed by atoms with Gasteiger partial charge in [0, 0.05) is 0 Å². The van der Waals surface area contributed by atoms with E-state index in [2.05, 4.69) is 26.6 Å². The van der Waals surface area contributed by atoms with Crippen molar-refractivity contribution in [3.63, 3.8) is 0 Å². The summed E-state index contributed by atoms with van der Waals surface area (Å²) >= 11 is 0. The number of nitrogens with one attached hydrogen (secondary N) is 5. The van der Waals surface area contributed by atoms with E-state index in [0.717, 1.165) is 0 Å². The number of rotatable bonds is 20. The Morgan fingerprint density at radius 3 is 1.76 bits per heavy atom. The summed E-state index contributed by atoms with van der Waals surface area (Å²) in [5, 5.41) is 21.9. The van der Waals surface area contributed by atoms with Gasteiger partial charge in [-0.05, 0) is 50.0 Å². The Hall–Kier alpha value is -3.26. The molecule has 5 atom stereocenters. The molecule has 0 aliphatic heterocycles. The summed E-state index contributed by atoms with van der Waals surface area (Å²) in [7, 11) is 0. The van der Waals surface area contributed by atoms with Gasteiger partial charge in [0.25, 0.3) is 0 Å². The number of carbonyl (C=O) groups excluding carboxylic acids is 5. The van der Waals surface area contributed by atoms with Crippen molar-refractivity contribution in [3.8, 4) is 0 Å². The molecule has 0 bridgehead atoms. The van der Waals surface area contributed by atoms with Crippen LogP contribution >= 0.6 is 0 Å². The molecule has 0 fully saturated rings. The molecule has 0 aliphatic carbocycles. The molecular weight excluding hydrogens is 534 g/mol. The van der Waals surface area contributed by atoms with Crippen molar-refractivity contribution in [1.82, 2.24) is 26.6 Å². The number of aliphatic carboxylic acids is 1. The van der Waals surface area contributed by atoms with Crippen LogP contribution in [0.4, 0.5) is 0 Å². The predicted octanol–water partition coefficient (Wildman–Crippen LogP) is -1.04. The van der Waals surface area contributed by atoms with Crippen molar-refractivity contribution < 1.29 is 33.9 Å². The smallest absolute Gasteiger partial charge is 0.326 e. The van der Waals surface area contributed by atoms with Gasteiger partial charge in [-0.25, -0.2) is 4.79 Å². The number of carboxylic acid groups (broad SMARTS) is 1. The molecule has 0 aromatic heterocycles. The van der Waals surface area contributed by atoms with Gasteiger partial charge in [-0.2, -0.15) is 0 Å². The average Bonchev–Trinajstić information content (AvgIpc) is 2.90. The molecular formula is C27H51N7O7. The molecule has 236 valence electrons. The topological polar surface area (TPSA) is 235 Å². The highest BCUT2D eigenvalue weighted by molar-refractivity contribution is 5.95. The van der Waals surface area contributed by atoms with Crippen LogP contribution in [0.5, 0.6) is 0 Å². The zero-order valence-corrected chi connectivity index (χ0v) is 25.2. The first-order chi connectivity index (χ1) is 19.1. The molecule has 0 spiro atoms. The second-order valence-corrected chi connectivity index (χ2v) is 11.1. The van der Waals surface area contributed by atoms with Crippen molar-refractivity contribution >= 4 is 35.5 Å². The van der Waals surface area contributed by atoms with Gasteiger partial charge in [0.2, 0.25) is 29.5 Å². The zero-order valence-electron chi connectivity index (χ0n) is 25.2. The van der Waals surface area contributed by atoms with Crippen LogP contribution in [0, 0.1) is 17.8 Å². The maximum Gasteiger partial charge on any atom is 0.326 e. The van der Waals surface area contributed by atoms with E-state index < -0.39 is 66.2 Å². The molecule has 0 aromatic rings. The SMILES string of the molecule is CC[C@H](C)[C@H](NC(=O)[C@H](CC(C)C)NC(=O)CNC(=O)[C@@H](N)C(C)C)C(=O)NCC(=O)N[C@@H](CCCCN)C(=O)O.